The summed E-state index contributed by atoms with van der Waals surface area (Å²) in [5, 5.41) is 0.483. The molecular weight excluding hydrogens is 621 g/mol. The molecule has 0 spiro atoms. The smallest absolute Gasteiger partial charge is 0.316 e. The third-order valence-corrected chi connectivity index (χ3v) is 21.8. The highest BCUT2D eigenvalue weighted by molar-refractivity contribution is 8.00. The molecule has 4 nitrogen and oxygen atoms in total. The van der Waals surface area contributed by atoms with Gasteiger partial charge >= 0.3 is 5.97 Å². The van der Waals surface area contributed by atoms with Gasteiger partial charge in [0.2, 0.25) is 0 Å². The third kappa shape index (κ3) is 9.22. The number of hydrogen-bond donors (Lipinski definition) is 0. The minimum Gasteiger partial charge on any atom is -0.459 e. The standard InChI is InChI=1S/C39H68O4SSi2/c1-28-23-25-39(42-45(13,14)36(6,7)8,43-46(15,16)37(9,10)11)26-31(28)20-19-30-18-17-24-38(12)32(21-22-33(30)38)29(2)44-27-34(40)41-35(3,4)5/h19-21,29,33H,1,17-18,22-27H2,2-16H3/t29-,33-,38+/m0/s1. The van der Waals surface area contributed by atoms with Crippen LogP contribution in [0.25, 0.3) is 0 Å². The van der Waals surface area contributed by atoms with Gasteiger partial charge in [-0.05, 0) is 113 Å². The fourth-order valence-electron chi connectivity index (χ4n) is 6.96. The summed E-state index contributed by atoms with van der Waals surface area (Å²) < 4.78 is 20.2. The molecule has 0 unspecified atom stereocenters. The van der Waals surface area contributed by atoms with Crippen LogP contribution in [0.5, 0.6) is 0 Å². The SMILES string of the molecule is C=C1CCC(O[Si](C)(C)C(C)(C)C)(O[Si](C)(C)C(C)(C)C)CC1=CC=C1CCC[C@]2(C)C([C@H](C)SCC(=O)OC(C)(C)C)=CC[C@@H]12. The van der Waals surface area contributed by atoms with E-state index in [0.29, 0.717) is 16.9 Å². The second kappa shape index (κ2) is 13.8. The predicted molar refractivity (Wildman–Crippen MR) is 204 cm³/mol. The van der Waals surface area contributed by atoms with Crippen molar-refractivity contribution in [1.29, 1.82) is 0 Å². The van der Waals surface area contributed by atoms with Crippen LogP contribution in [-0.4, -0.2) is 45.0 Å². The van der Waals surface area contributed by atoms with Crippen LogP contribution in [0.15, 0.2) is 47.1 Å². The van der Waals surface area contributed by atoms with Crippen LogP contribution >= 0.6 is 11.8 Å². The first-order valence-electron chi connectivity index (χ1n) is 17.7. The quantitative estimate of drug-likeness (QED) is 0.104. The lowest BCUT2D eigenvalue weighted by molar-refractivity contribution is -0.151. The summed E-state index contributed by atoms with van der Waals surface area (Å²) >= 11 is 1.72. The van der Waals surface area contributed by atoms with Crippen molar-refractivity contribution in [1.82, 2.24) is 0 Å². The van der Waals surface area contributed by atoms with Crippen molar-refractivity contribution in [3.8, 4) is 0 Å². The molecule has 0 saturated heterocycles. The molecule has 3 atom stereocenters. The molecule has 3 rings (SSSR count). The Morgan fingerprint density at radius 1 is 0.978 bits per heavy atom. The fourth-order valence-corrected chi connectivity index (χ4v) is 10.9. The fraction of sp³-hybridized carbons (Fsp3) is 0.769. The number of fused-ring (bicyclic) bond motifs is 1. The minimum atomic E-state index is -2.12. The van der Waals surface area contributed by atoms with Gasteiger partial charge in [0, 0.05) is 18.1 Å². The summed E-state index contributed by atoms with van der Waals surface area (Å²) in [7, 11) is -4.23. The van der Waals surface area contributed by atoms with Crippen LogP contribution in [-0.2, 0) is 18.4 Å². The van der Waals surface area contributed by atoms with Crippen molar-refractivity contribution in [3.63, 3.8) is 0 Å². The largest absolute Gasteiger partial charge is 0.459 e. The first kappa shape index (κ1) is 39.6. The van der Waals surface area contributed by atoms with E-state index in [4.69, 9.17) is 13.6 Å². The van der Waals surface area contributed by atoms with E-state index in [-0.39, 0.29) is 21.5 Å². The number of ether oxygens (including phenoxy) is 1. The lowest BCUT2D eigenvalue weighted by atomic mass is 9.64. The maximum atomic E-state index is 12.5. The van der Waals surface area contributed by atoms with E-state index < -0.39 is 28.0 Å². The highest BCUT2D eigenvalue weighted by atomic mass is 32.2. The molecule has 0 amide bonds. The van der Waals surface area contributed by atoms with Crippen LogP contribution in [0.4, 0.5) is 0 Å². The summed E-state index contributed by atoms with van der Waals surface area (Å²) in [5.74, 6) is 0.163. The van der Waals surface area contributed by atoms with Crippen LogP contribution in [0, 0.1) is 11.3 Å². The Bertz CT molecular complexity index is 1210. The normalized spacial score (nSPS) is 27.1. The molecule has 46 heavy (non-hydrogen) atoms. The van der Waals surface area contributed by atoms with Crippen LogP contribution in [0.3, 0.4) is 0 Å². The Kier molecular flexibility index (Phi) is 11.9. The van der Waals surface area contributed by atoms with Gasteiger partial charge in [0.1, 0.15) is 5.60 Å². The number of carbonyl (C=O) groups is 1. The summed E-state index contributed by atoms with van der Waals surface area (Å²) in [4.78, 5) is 12.5. The van der Waals surface area contributed by atoms with Crippen LogP contribution in [0.1, 0.15) is 121 Å². The van der Waals surface area contributed by atoms with E-state index in [1.165, 1.54) is 29.6 Å². The molecule has 262 valence electrons. The molecule has 0 N–H and O–H groups in total. The summed E-state index contributed by atoms with van der Waals surface area (Å²) in [6.07, 6.45) is 14.4. The Labute approximate surface area is 289 Å². The van der Waals surface area contributed by atoms with Crippen molar-refractivity contribution in [2.75, 3.05) is 5.75 Å². The van der Waals surface area contributed by atoms with Gasteiger partial charge in [-0.3, -0.25) is 4.79 Å². The molecule has 0 radical (unpaired) electrons. The number of rotatable bonds is 9. The Morgan fingerprint density at radius 3 is 2.07 bits per heavy atom. The first-order chi connectivity index (χ1) is 20.7. The zero-order chi connectivity index (χ0) is 35.1. The van der Waals surface area contributed by atoms with E-state index in [9.17, 15) is 4.79 Å². The highest BCUT2D eigenvalue weighted by Crippen LogP contribution is 2.57. The van der Waals surface area contributed by atoms with Crippen molar-refractivity contribution >= 4 is 34.4 Å². The molecule has 3 aliphatic carbocycles. The van der Waals surface area contributed by atoms with Crippen LogP contribution < -0.4 is 0 Å². The van der Waals surface area contributed by atoms with Gasteiger partial charge in [-0.2, -0.15) is 0 Å². The molecule has 0 aromatic carbocycles. The van der Waals surface area contributed by atoms with Crippen molar-refractivity contribution in [3.05, 3.63) is 47.1 Å². The molecule has 0 heterocycles. The van der Waals surface area contributed by atoms with Gasteiger partial charge in [-0.25, -0.2) is 0 Å². The van der Waals surface area contributed by atoms with E-state index >= 15 is 0 Å². The number of carbonyl (C=O) groups excluding carboxylic acids is 1. The molecule has 0 aromatic heterocycles. The Morgan fingerprint density at radius 2 is 1.54 bits per heavy atom. The molecule has 3 aliphatic rings. The first-order valence-corrected chi connectivity index (χ1v) is 24.6. The predicted octanol–water partition coefficient (Wildman–Crippen LogP) is 11.9. The van der Waals surface area contributed by atoms with Gasteiger partial charge in [-0.15, -0.1) is 11.8 Å². The summed E-state index contributed by atoms with van der Waals surface area (Å²) in [6.45, 7) is 38.5. The van der Waals surface area contributed by atoms with Gasteiger partial charge in [0.25, 0.3) is 0 Å². The van der Waals surface area contributed by atoms with E-state index in [0.717, 1.165) is 32.1 Å². The Balaban J connectivity index is 1.87. The lowest BCUT2D eigenvalue weighted by Crippen LogP contribution is -2.57. The van der Waals surface area contributed by atoms with E-state index in [1.54, 1.807) is 17.3 Å². The van der Waals surface area contributed by atoms with Crippen molar-refractivity contribution < 1.29 is 18.4 Å². The van der Waals surface area contributed by atoms with Crippen LogP contribution in [0.2, 0.25) is 36.3 Å². The second-order valence-corrected chi connectivity index (χ2v) is 29.4. The number of allylic oxidation sites excluding steroid dienone is 5. The minimum absolute atomic E-state index is 0.0964. The molecule has 0 bridgehead atoms. The van der Waals surface area contributed by atoms with Gasteiger partial charge in [0.15, 0.2) is 22.4 Å². The molecule has 2 saturated carbocycles. The average molecular weight is 689 g/mol. The summed E-state index contributed by atoms with van der Waals surface area (Å²) in [6, 6.07) is 0. The van der Waals surface area contributed by atoms with Gasteiger partial charge in [0.05, 0.1) is 5.75 Å². The third-order valence-electron chi connectivity index (χ3n) is 11.6. The van der Waals surface area contributed by atoms with E-state index in [1.807, 2.05) is 20.8 Å². The number of esters is 1. The molecular formula is C39H68O4SSi2. The lowest BCUT2D eigenvalue weighted by Gasteiger charge is -2.52. The van der Waals surface area contributed by atoms with Crippen molar-refractivity contribution in [2.45, 2.75) is 174 Å². The molecule has 7 heteroatoms. The van der Waals surface area contributed by atoms with Gasteiger partial charge < -0.3 is 13.6 Å². The average Bonchev–Trinajstić information content (AvgIpc) is 3.22. The second-order valence-electron chi connectivity index (χ2n) is 18.6. The molecule has 0 aromatic rings. The highest BCUT2D eigenvalue weighted by Gasteiger charge is 2.52. The number of hydrogen-bond acceptors (Lipinski definition) is 5. The van der Waals surface area contributed by atoms with Gasteiger partial charge in [-0.1, -0.05) is 90.0 Å². The molecule has 2 fully saturated rings. The maximum Gasteiger partial charge on any atom is 0.316 e. The monoisotopic (exact) mass is 688 g/mol. The zero-order valence-corrected chi connectivity index (χ0v) is 35.1. The number of thioether (sulfide) groups is 1. The summed E-state index contributed by atoms with van der Waals surface area (Å²) in [5.41, 5.74) is 5.26. The van der Waals surface area contributed by atoms with Crippen molar-refractivity contribution in [2.24, 2.45) is 11.3 Å². The Hall–Kier alpha value is -0.866. The topological polar surface area (TPSA) is 44.8 Å². The maximum absolute atomic E-state index is 12.5. The van der Waals surface area contributed by atoms with E-state index in [2.05, 4.69) is 106 Å². The zero-order valence-electron chi connectivity index (χ0n) is 32.3. The molecule has 0 aliphatic heterocycles.